The Morgan fingerprint density at radius 3 is 2.75 bits per heavy atom. The lowest BCUT2D eigenvalue weighted by atomic mass is 10.1. The van der Waals surface area contributed by atoms with E-state index in [-0.39, 0.29) is 0 Å². The zero-order valence-corrected chi connectivity index (χ0v) is 12.7. The molecule has 0 spiro atoms. The van der Waals surface area contributed by atoms with Crippen LogP contribution in [0.2, 0.25) is 5.15 Å². The Morgan fingerprint density at radius 2 is 1.95 bits per heavy atom. The summed E-state index contributed by atoms with van der Waals surface area (Å²) in [7, 11) is 0. The van der Waals surface area contributed by atoms with Crippen molar-refractivity contribution in [1.82, 2.24) is 19.5 Å². The second-order valence-corrected chi connectivity index (χ2v) is 5.96. The standard InChI is InChI=1S/C15H19ClN4/c1-10(2)20-9-17-8-13(20)15-18-12-7-5-3-4-6-11(12)14(16)19-15/h8-10H,3-7H2,1-2H3. The van der Waals surface area contributed by atoms with Crippen molar-refractivity contribution in [2.75, 3.05) is 0 Å². The number of rotatable bonds is 2. The van der Waals surface area contributed by atoms with Crippen LogP contribution in [0.4, 0.5) is 0 Å². The number of halogens is 1. The summed E-state index contributed by atoms with van der Waals surface area (Å²) >= 11 is 6.39. The highest BCUT2D eigenvalue weighted by molar-refractivity contribution is 6.30. The van der Waals surface area contributed by atoms with Gasteiger partial charge in [0.05, 0.1) is 12.5 Å². The largest absolute Gasteiger partial charge is 0.325 e. The summed E-state index contributed by atoms with van der Waals surface area (Å²) in [5.41, 5.74) is 3.20. The predicted molar refractivity (Wildman–Crippen MR) is 79.9 cm³/mol. The molecule has 0 fully saturated rings. The smallest absolute Gasteiger partial charge is 0.179 e. The molecular formula is C15H19ClN4. The molecule has 1 aliphatic carbocycles. The van der Waals surface area contributed by atoms with Gasteiger partial charge in [-0.1, -0.05) is 18.0 Å². The van der Waals surface area contributed by atoms with E-state index < -0.39 is 0 Å². The topological polar surface area (TPSA) is 43.6 Å². The van der Waals surface area contributed by atoms with Gasteiger partial charge in [-0.2, -0.15) is 0 Å². The maximum absolute atomic E-state index is 6.39. The number of hydrogen-bond acceptors (Lipinski definition) is 3. The average molecular weight is 291 g/mol. The van der Waals surface area contributed by atoms with Crippen molar-refractivity contribution in [3.05, 3.63) is 28.9 Å². The van der Waals surface area contributed by atoms with E-state index in [9.17, 15) is 0 Å². The maximum Gasteiger partial charge on any atom is 0.179 e. The van der Waals surface area contributed by atoms with Crippen molar-refractivity contribution >= 4 is 11.6 Å². The molecule has 0 unspecified atom stereocenters. The normalized spacial score (nSPS) is 15.2. The summed E-state index contributed by atoms with van der Waals surface area (Å²) in [4.78, 5) is 13.5. The highest BCUT2D eigenvalue weighted by atomic mass is 35.5. The summed E-state index contributed by atoms with van der Waals surface area (Å²) in [5, 5.41) is 0.614. The summed E-state index contributed by atoms with van der Waals surface area (Å²) < 4.78 is 2.08. The van der Waals surface area contributed by atoms with Crippen molar-refractivity contribution in [3.8, 4) is 11.5 Å². The average Bonchev–Trinajstić information content (AvgIpc) is 2.78. The molecule has 106 valence electrons. The van der Waals surface area contributed by atoms with E-state index >= 15 is 0 Å². The van der Waals surface area contributed by atoms with Crippen molar-refractivity contribution in [1.29, 1.82) is 0 Å². The summed E-state index contributed by atoms with van der Waals surface area (Å²) in [6.45, 7) is 4.24. The van der Waals surface area contributed by atoms with E-state index in [0.717, 1.165) is 29.8 Å². The number of imidazole rings is 1. The lowest BCUT2D eigenvalue weighted by Crippen LogP contribution is -2.06. The molecule has 20 heavy (non-hydrogen) atoms. The molecule has 0 bridgehead atoms. The van der Waals surface area contributed by atoms with Crippen molar-refractivity contribution in [2.24, 2.45) is 0 Å². The number of nitrogens with zero attached hydrogens (tertiary/aromatic N) is 4. The third kappa shape index (κ3) is 2.44. The van der Waals surface area contributed by atoms with Crippen molar-refractivity contribution in [2.45, 2.75) is 52.0 Å². The van der Waals surface area contributed by atoms with Crippen LogP contribution in [0.3, 0.4) is 0 Å². The summed E-state index contributed by atoms with van der Waals surface area (Å²) in [6, 6.07) is 0.327. The molecule has 2 aromatic rings. The predicted octanol–water partition coefficient (Wildman–Crippen LogP) is 3.84. The fourth-order valence-electron chi connectivity index (χ4n) is 2.73. The van der Waals surface area contributed by atoms with E-state index in [2.05, 4.69) is 28.4 Å². The van der Waals surface area contributed by atoms with Gasteiger partial charge in [0.25, 0.3) is 0 Å². The fraction of sp³-hybridized carbons (Fsp3) is 0.533. The monoisotopic (exact) mass is 290 g/mol. The van der Waals surface area contributed by atoms with E-state index in [0.29, 0.717) is 17.0 Å². The molecular weight excluding hydrogens is 272 g/mol. The van der Waals surface area contributed by atoms with Crippen molar-refractivity contribution < 1.29 is 0 Å². The minimum atomic E-state index is 0.327. The first-order valence-electron chi connectivity index (χ1n) is 7.24. The summed E-state index contributed by atoms with van der Waals surface area (Å²) in [5.74, 6) is 0.696. The minimum Gasteiger partial charge on any atom is -0.325 e. The van der Waals surface area contributed by atoms with Gasteiger partial charge in [-0.25, -0.2) is 15.0 Å². The second-order valence-electron chi connectivity index (χ2n) is 5.60. The van der Waals surface area contributed by atoms with Crippen LogP contribution in [0, 0.1) is 0 Å². The molecule has 3 rings (SSSR count). The Labute approximate surface area is 124 Å². The molecule has 0 N–H and O–H groups in total. The molecule has 0 saturated carbocycles. The maximum atomic E-state index is 6.39. The Balaban J connectivity index is 2.09. The van der Waals surface area contributed by atoms with Gasteiger partial charge in [0.1, 0.15) is 10.8 Å². The Morgan fingerprint density at radius 1 is 1.15 bits per heavy atom. The zero-order valence-electron chi connectivity index (χ0n) is 11.9. The number of aryl methyl sites for hydroxylation is 1. The van der Waals surface area contributed by atoms with Crippen molar-refractivity contribution in [3.63, 3.8) is 0 Å². The molecule has 5 heteroatoms. The Bertz CT molecular complexity index is 618. The number of aromatic nitrogens is 4. The number of fused-ring (bicyclic) bond motifs is 1. The van der Waals surface area contributed by atoms with Gasteiger partial charge in [-0.15, -0.1) is 0 Å². The molecule has 2 aromatic heterocycles. The van der Waals surface area contributed by atoms with Crippen LogP contribution < -0.4 is 0 Å². The second kappa shape index (κ2) is 5.52. The molecule has 4 nitrogen and oxygen atoms in total. The Hall–Kier alpha value is -1.42. The first-order chi connectivity index (χ1) is 9.66. The van der Waals surface area contributed by atoms with Gasteiger partial charge in [0, 0.05) is 17.3 Å². The highest BCUT2D eigenvalue weighted by Gasteiger charge is 2.18. The van der Waals surface area contributed by atoms with Crippen LogP contribution in [0.1, 0.15) is 50.4 Å². The molecule has 0 aliphatic heterocycles. The molecule has 0 atom stereocenters. The SMILES string of the molecule is CC(C)n1cncc1-c1nc(Cl)c2c(n1)CCCCC2. The molecule has 0 aromatic carbocycles. The highest BCUT2D eigenvalue weighted by Crippen LogP contribution is 2.28. The molecule has 2 heterocycles. The third-order valence-electron chi connectivity index (χ3n) is 3.83. The van der Waals surface area contributed by atoms with Gasteiger partial charge in [0.2, 0.25) is 0 Å². The van der Waals surface area contributed by atoms with E-state index in [4.69, 9.17) is 16.6 Å². The fourth-order valence-corrected chi connectivity index (χ4v) is 3.01. The van der Waals surface area contributed by atoms with Crippen LogP contribution in [-0.4, -0.2) is 19.5 Å². The van der Waals surface area contributed by atoms with E-state index in [1.165, 1.54) is 19.3 Å². The molecule has 0 saturated heterocycles. The van der Waals surface area contributed by atoms with Gasteiger partial charge in [-0.3, -0.25) is 0 Å². The van der Waals surface area contributed by atoms with Crippen LogP contribution >= 0.6 is 11.6 Å². The van der Waals surface area contributed by atoms with Gasteiger partial charge < -0.3 is 4.57 Å². The van der Waals surface area contributed by atoms with Crippen LogP contribution in [-0.2, 0) is 12.8 Å². The minimum absolute atomic E-state index is 0.327. The van der Waals surface area contributed by atoms with Gasteiger partial charge in [0.15, 0.2) is 5.82 Å². The van der Waals surface area contributed by atoms with Gasteiger partial charge in [-0.05, 0) is 39.5 Å². The first kappa shape index (κ1) is 13.6. The third-order valence-corrected chi connectivity index (χ3v) is 4.15. The van der Waals surface area contributed by atoms with Crippen LogP contribution in [0.5, 0.6) is 0 Å². The van der Waals surface area contributed by atoms with E-state index in [1.807, 2.05) is 12.5 Å². The molecule has 1 aliphatic rings. The first-order valence-corrected chi connectivity index (χ1v) is 7.62. The van der Waals surface area contributed by atoms with Crippen LogP contribution in [0.15, 0.2) is 12.5 Å². The summed E-state index contributed by atoms with van der Waals surface area (Å²) in [6.07, 6.45) is 9.24. The Kier molecular flexibility index (Phi) is 3.74. The number of hydrogen-bond donors (Lipinski definition) is 0. The molecule has 0 radical (unpaired) electrons. The lowest BCUT2D eigenvalue weighted by molar-refractivity contribution is 0.603. The quantitative estimate of drug-likeness (QED) is 0.623. The molecule has 0 amide bonds. The van der Waals surface area contributed by atoms with Crippen LogP contribution in [0.25, 0.3) is 11.5 Å². The van der Waals surface area contributed by atoms with E-state index in [1.54, 1.807) is 0 Å². The lowest BCUT2D eigenvalue weighted by Gasteiger charge is -2.13. The van der Waals surface area contributed by atoms with Gasteiger partial charge >= 0.3 is 0 Å². The zero-order chi connectivity index (χ0) is 14.1.